The number of hydrazone groups is 1. The number of nitrogens with zero attached hydrogens (tertiary/aromatic N) is 3. The predicted octanol–water partition coefficient (Wildman–Crippen LogP) is 3.88. The highest BCUT2D eigenvalue weighted by Crippen LogP contribution is 2.29. The number of anilines is 1. The molecule has 0 saturated heterocycles. The van der Waals surface area contributed by atoms with Gasteiger partial charge in [0.2, 0.25) is 5.95 Å². The van der Waals surface area contributed by atoms with Crippen LogP contribution in [0.2, 0.25) is 5.02 Å². The van der Waals surface area contributed by atoms with Gasteiger partial charge in [-0.3, -0.25) is 9.78 Å². The van der Waals surface area contributed by atoms with Crippen molar-refractivity contribution in [3.8, 4) is 23.1 Å². The van der Waals surface area contributed by atoms with E-state index in [4.69, 9.17) is 11.6 Å². The van der Waals surface area contributed by atoms with Gasteiger partial charge in [0.25, 0.3) is 5.56 Å². The number of hydrogen-bond donors (Lipinski definition) is 3. The fourth-order valence-electron chi connectivity index (χ4n) is 2.25. The standard InChI is InChI=1S/C18H11BrClN5O2/c19-13-7-15(26)11(6-14(13)20)9-22-25-18-23-16(10-4-2-1-3-5-10)12(8-21)17(27)24-18/h1-7,9,26H,(H2,23,24,25,27). The summed E-state index contributed by atoms with van der Waals surface area (Å²) in [6, 6.07) is 13.7. The van der Waals surface area contributed by atoms with Crippen LogP contribution < -0.4 is 11.0 Å². The first-order chi connectivity index (χ1) is 13.0. The molecular formula is C18H11BrClN5O2. The van der Waals surface area contributed by atoms with Crippen LogP contribution in [0.5, 0.6) is 5.75 Å². The number of nitrogens with one attached hydrogen (secondary N) is 2. The van der Waals surface area contributed by atoms with Crippen LogP contribution >= 0.6 is 27.5 Å². The Morgan fingerprint density at radius 1 is 1.33 bits per heavy atom. The number of H-pyrrole nitrogens is 1. The molecule has 1 heterocycles. The second kappa shape index (κ2) is 8.03. The Bertz CT molecular complexity index is 1120. The van der Waals surface area contributed by atoms with Crippen LogP contribution in [0, 0.1) is 11.3 Å². The molecule has 3 N–H and O–H groups in total. The summed E-state index contributed by atoms with van der Waals surface area (Å²) in [5, 5.41) is 23.5. The van der Waals surface area contributed by atoms with Crippen LogP contribution in [0.1, 0.15) is 11.1 Å². The number of benzene rings is 2. The van der Waals surface area contributed by atoms with E-state index in [-0.39, 0.29) is 23.0 Å². The van der Waals surface area contributed by atoms with Crippen LogP contribution in [0.15, 0.2) is 56.8 Å². The number of hydrogen-bond acceptors (Lipinski definition) is 6. The Labute approximate surface area is 167 Å². The van der Waals surface area contributed by atoms with Crippen molar-refractivity contribution >= 4 is 39.7 Å². The quantitative estimate of drug-likeness (QED) is 0.417. The monoisotopic (exact) mass is 443 g/mol. The maximum Gasteiger partial charge on any atom is 0.270 e. The Balaban J connectivity index is 1.93. The maximum atomic E-state index is 12.2. The molecule has 27 heavy (non-hydrogen) atoms. The number of aromatic nitrogens is 2. The molecule has 7 nitrogen and oxygen atoms in total. The average molecular weight is 445 g/mol. The van der Waals surface area contributed by atoms with Gasteiger partial charge in [0.1, 0.15) is 17.4 Å². The Morgan fingerprint density at radius 3 is 2.78 bits per heavy atom. The van der Waals surface area contributed by atoms with Crippen LogP contribution in [-0.4, -0.2) is 21.3 Å². The molecule has 0 amide bonds. The topological polar surface area (TPSA) is 114 Å². The molecular weight excluding hydrogens is 434 g/mol. The Kier molecular flexibility index (Phi) is 5.54. The summed E-state index contributed by atoms with van der Waals surface area (Å²) in [5.74, 6) is 0.0277. The highest BCUT2D eigenvalue weighted by molar-refractivity contribution is 9.10. The van der Waals surface area contributed by atoms with Gasteiger partial charge in [0, 0.05) is 15.6 Å². The van der Waals surface area contributed by atoms with Gasteiger partial charge in [-0.2, -0.15) is 10.4 Å². The number of rotatable bonds is 4. The van der Waals surface area contributed by atoms with Crippen LogP contribution in [0.25, 0.3) is 11.3 Å². The van der Waals surface area contributed by atoms with Crippen molar-refractivity contribution in [2.45, 2.75) is 0 Å². The summed E-state index contributed by atoms with van der Waals surface area (Å²) >= 11 is 9.20. The molecule has 3 rings (SSSR count). The minimum Gasteiger partial charge on any atom is -0.507 e. The number of phenolic OH excluding ortho intramolecular Hbond substituents is 1. The molecule has 134 valence electrons. The molecule has 0 unspecified atom stereocenters. The van der Waals surface area contributed by atoms with Crippen molar-refractivity contribution in [3.05, 3.63) is 73.4 Å². The molecule has 0 saturated carbocycles. The third kappa shape index (κ3) is 4.16. The SMILES string of the molecule is N#Cc1c(-c2ccccc2)nc(NN=Cc2cc(Cl)c(Br)cc2O)[nH]c1=O. The van der Waals surface area contributed by atoms with Crippen LogP contribution in [0.4, 0.5) is 5.95 Å². The van der Waals surface area contributed by atoms with Gasteiger partial charge < -0.3 is 5.11 Å². The minimum absolute atomic E-state index is 0.0249. The molecule has 0 atom stereocenters. The lowest BCUT2D eigenvalue weighted by Gasteiger charge is -2.06. The van der Waals surface area contributed by atoms with E-state index in [0.717, 1.165) is 0 Å². The van der Waals surface area contributed by atoms with Gasteiger partial charge in [-0.15, -0.1) is 0 Å². The number of halogens is 2. The van der Waals surface area contributed by atoms with E-state index >= 15 is 0 Å². The molecule has 2 aromatic carbocycles. The van der Waals surface area contributed by atoms with E-state index in [9.17, 15) is 15.2 Å². The maximum absolute atomic E-state index is 12.2. The Hall–Kier alpha value is -3.15. The summed E-state index contributed by atoms with van der Waals surface area (Å²) in [5.41, 5.74) is 3.15. The molecule has 0 radical (unpaired) electrons. The zero-order valence-electron chi connectivity index (χ0n) is 13.6. The number of nitriles is 1. The first kappa shape index (κ1) is 18.6. The minimum atomic E-state index is -0.585. The third-order valence-electron chi connectivity index (χ3n) is 3.52. The Morgan fingerprint density at radius 2 is 2.07 bits per heavy atom. The molecule has 9 heteroatoms. The van der Waals surface area contributed by atoms with Crippen molar-refractivity contribution < 1.29 is 5.11 Å². The fraction of sp³-hybridized carbons (Fsp3) is 0. The van der Waals surface area contributed by atoms with Crippen molar-refractivity contribution in [1.82, 2.24) is 9.97 Å². The summed E-state index contributed by atoms with van der Waals surface area (Å²) < 4.78 is 0.553. The van der Waals surface area contributed by atoms with E-state index in [0.29, 0.717) is 20.6 Å². The number of aromatic hydroxyl groups is 1. The zero-order valence-corrected chi connectivity index (χ0v) is 15.9. The molecule has 0 aliphatic heterocycles. The summed E-state index contributed by atoms with van der Waals surface area (Å²) in [6.07, 6.45) is 1.33. The summed E-state index contributed by atoms with van der Waals surface area (Å²) in [4.78, 5) is 18.9. The van der Waals surface area contributed by atoms with Gasteiger partial charge >= 0.3 is 0 Å². The second-order valence-electron chi connectivity index (χ2n) is 5.31. The highest BCUT2D eigenvalue weighted by atomic mass is 79.9. The smallest absolute Gasteiger partial charge is 0.270 e. The predicted molar refractivity (Wildman–Crippen MR) is 107 cm³/mol. The van der Waals surface area contributed by atoms with Gasteiger partial charge in [0.15, 0.2) is 0 Å². The molecule has 0 aliphatic carbocycles. The van der Waals surface area contributed by atoms with E-state index < -0.39 is 5.56 Å². The van der Waals surface area contributed by atoms with E-state index in [1.54, 1.807) is 24.3 Å². The lowest BCUT2D eigenvalue weighted by Crippen LogP contribution is -2.16. The van der Waals surface area contributed by atoms with Crippen molar-refractivity contribution in [1.29, 1.82) is 5.26 Å². The molecule has 0 aliphatic rings. The lowest BCUT2D eigenvalue weighted by atomic mass is 10.1. The van der Waals surface area contributed by atoms with Crippen LogP contribution in [0.3, 0.4) is 0 Å². The van der Waals surface area contributed by atoms with Crippen molar-refractivity contribution in [3.63, 3.8) is 0 Å². The van der Waals surface area contributed by atoms with E-state index in [1.807, 2.05) is 12.1 Å². The van der Waals surface area contributed by atoms with Crippen LogP contribution in [-0.2, 0) is 0 Å². The average Bonchev–Trinajstić information content (AvgIpc) is 2.66. The zero-order chi connectivity index (χ0) is 19.4. The van der Waals surface area contributed by atoms with Gasteiger partial charge in [-0.1, -0.05) is 41.9 Å². The first-order valence-corrected chi connectivity index (χ1v) is 8.73. The molecule has 0 spiro atoms. The van der Waals surface area contributed by atoms with E-state index in [2.05, 4.69) is 36.4 Å². The van der Waals surface area contributed by atoms with Crippen molar-refractivity contribution in [2.75, 3.05) is 5.43 Å². The second-order valence-corrected chi connectivity index (χ2v) is 6.57. The molecule has 1 aromatic heterocycles. The highest BCUT2D eigenvalue weighted by Gasteiger charge is 2.13. The van der Waals surface area contributed by atoms with E-state index in [1.165, 1.54) is 18.3 Å². The number of phenols is 1. The molecule has 3 aromatic rings. The molecule has 0 bridgehead atoms. The van der Waals surface area contributed by atoms with Gasteiger partial charge in [-0.05, 0) is 28.1 Å². The molecule has 0 fully saturated rings. The van der Waals surface area contributed by atoms with Gasteiger partial charge in [-0.25, -0.2) is 10.4 Å². The first-order valence-electron chi connectivity index (χ1n) is 7.56. The largest absolute Gasteiger partial charge is 0.507 e. The fourth-order valence-corrected chi connectivity index (χ4v) is 2.76. The van der Waals surface area contributed by atoms with Gasteiger partial charge in [0.05, 0.1) is 16.9 Å². The normalized spacial score (nSPS) is 10.7. The summed E-state index contributed by atoms with van der Waals surface area (Å²) in [7, 11) is 0. The third-order valence-corrected chi connectivity index (χ3v) is 4.72. The van der Waals surface area contributed by atoms with Crippen molar-refractivity contribution in [2.24, 2.45) is 5.10 Å². The number of aromatic amines is 1. The lowest BCUT2D eigenvalue weighted by molar-refractivity contribution is 0.474. The summed E-state index contributed by atoms with van der Waals surface area (Å²) in [6.45, 7) is 0.